The van der Waals surface area contributed by atoms with Crippen LogP contribution in [-0.2, 0) is 0 Å². The number of rotatable bonds is 2. The smallest absolute Gasteiger partial charge is 0.397 e. The lowest BCUT2D eigenvalue weighted by Gasteiger charge is -2.18. The zero-order valence-electron chi connectivity index (χ0n) is 7.47. The third-order valence-electron chi connectivity index (χ3n) is 1.72. The standard InChI is InChI=1S/C8H10F3N3/c1-13-7(8(9,10)11)6-3-2-5(12)4-14-6/h2-4,7,13H,12H2,1H3/t7-/m0/s1. The van der Waals surface area contributed by atoms with Gasteiger partial charge in [0.15, 0.2) is 0 Å². The van der Waals surface area contributed by atoms with Gasteiger partial charge in [-0.15, -0.1) is 0 Å². The number of halogens is 3. The van der Waals surface area contributed by atoms with Gasteiger partial charge in [0.1, 0.15) is 6.04 Å². The summed E-state index contributed by atoms with van der Waals surface area (Å²) in [4.78, 5) is 3.61. The van der Waals surface area contributed by atoms with Crippen LogP contribution in [-0.4, -0.2) is 18.2 Å². The fourth-order valence-corrected chi connectivity index (χ4v) is 1.07. The Kier molecular flexibility index (Phi) is 2.95. The number of hydrogen-bond acceptors (Lipinski definition) is 3. The Hall–Kier alpha value is -1.30. The zero-order chi connectivity index (χ0) is 10.8. The van der Waals surface area contributed by atoms with E-state index in [1.54, 1.807) is 0 Å². The first-order chi connectivity index (χ1) is 6.45. The van der Waals surface area contributed by atoms with Gasteiger partial charge in [0.25, 0.3) is 0 Å². The van der Waals surface area contributed by atoms with Crippen molar-refractivity contribution in [3.63, 3.8) is 0 Å². The summed E-state index contributed by atoms with van der Waals surface area (Å²) in [5, 5.41) is 2.15. The van der Waals surface area contributed by atoms with Crippen LogP contribution in [0.1, 0.15) is 11.7 Å². The predicted molar refractivity (Wildman–Crippen MR) is 46.5 cm³/mol. The molecule has 0 saturated heterocycles. The molecule has 14 heavy (non-hydrogen) atoms. The first kappa shape index (κ1) is 10.8. The Morgan fingerprint density at radius 2 is 2.07 bits per heavy atom. The van der Waals surface area contributed by atoms with Crippen LogP contribution in [0, 0.1) is 0 Å². The van der Waals surface area contributed by atoms with Crippen LogP contribution in [0.5, 0.6) is 0 Å². The summed E-state index contributed by atoms with van der Waals surface area (Å²) in [6.45, 7) is 0. The zero-order valence-corrected chi connectivity index (χ0v) is 7.47. The summed E-state index contributed by atoms with van der Waals surface area (Å²) in [5.41, 5.74) is 5.56. The summed E-state index contributed by atoms with van der Waals surface area (Å²) in [6, 6.07) is 0.894. The molecule has 78 valence electrons. The van der Waals surface area contributed by atoms with Crippen LogP contribution in [0.2, 0.25) is 0 Å². The largest absolute Gasteiger partial charge is 0.409 e. The first-order valence-electron chi connectivity index (χ1n) is 3.90. The molecule has 3 nitrogen and oxygen atoms in total. The monoisotopic (exact) mass is 205 g/mol. The van der Waals surface area contributed by atoms with E-state index in [4.69, 9.17) is 5.73 Å². The summed E-state index contributed by atoms with van der Waals surface area (Å²) in [7, 11) is 1.23. The molecule has 0 radical (unpaired) electrons. The lowest BCUT2D eigenvalue weighted by atomic mass is 10.2. The first-order valence-corrected chi connectivity index (χ1v) is 3.90. The molecule has 0 spiro atoms. The SMILES string of the molecule is CN[C@@H](c1ccc(N)cn1)C(F)(F)F. The average molecular weight is 205 g/mol. The number of nitrogen functional groups attached to an aromatic ring is 1. The van der Waals surface area contributed by atoms with E-state index in [9.17, 15) is 13.2 Å². The van der Waals surface area contributed by atoms with Gasteiger partial charge in [-0.3, -0.25) is 4.98 Å². The van der Waals surface area contributed by atoms with Crippen molar-refractivity contribution >= 4 is 5.69 Å². The second-order valence-corrected chi connectivity index (χ2v) is 2.78. The molecule has 1 heterocycles. The highest BCUT2D eigenvalue weighted by atomic mass is 19.4. The molecule has 1 rings (SSSR count). The van der Waals surface area contributed by atoms with Crippen molar-refractivity contribution in [2.45, 2.75) is 12.2 Å². The minimum absolute atomic E-state index is 0.0887. The van der Waals surface area contributed by atoms with E-state index in [2.05, 4.69) is 10.3 Å². The Bertz CT molecular complexity index is 294. The Balaban J connectivity index is 2.96. The highest BCUT2D eigenvalue weighted by Gasteiger charge is 2.40. The van der Waals surface area contributed by atoms with Gasteiger partial charge in [-0.05, 0) is 19.2 Å². The lowest BCUT2D eigenvalue weighted by molar-refractivity contribution is -0.157. The fourth-order valence-electron chi connectivity index (χ4n) is 1.07. The van der Waals surface area contributed by atoms with Crippen LogP contribution in [0.4, 0.5) is 18.9 Å². The second kappa shape index (κ2) is 3.83. The second-order valence-electron chi connectivity index (χ2n) is 2.78. The van der Waals surface area contributed by atoms with Crippen molar-refractivity contribution in [2.24, 2.45) is 0 Å². The fraction of sp³-hybridized carbons (Fsp3) is 0.375. The van der Waals surface area contributed by atoms with Crippen LogP contribution < -0.4 is 11.1 Å². The maximum absolute atomic E-state index is 12.4. The van der Waals surface area contributed by atoms with E-state index < -0.39 is 12.2 Å². The van der Waals surface area contributed by atoms with Gasteiger partial charge in [0.05, 0.1) is 17.6 Å². The summed E-state index contributed by atoms with van der Waals surface area (Å²) < 4.78 is 37.1. The Morgan fingerprint density at radius 1 is 1.43 bits per heavy atom. The number of anilines is 1. The molecule has 0 bridgehead atoms. The van der Waals surface area contributed by atoms with Crippen molar-refractivity contribution in [3.8, 4) is 0 Å². The van der Waals surface area contributed by atoms with Gasteiger partial charge < -0.3 is 11.1 Å². The highest BCUT2D eigenvalue weighted by molar-refractivity contribution is 5.35. The molecule has 0 saturated carbocycles. The quantitative estimate of drug-likeness (QED) is 0.769. The molecule has 1 aromatic rings. The average Bonchev–Trinajstić information content (AvgIpc) is 2.07. The Labute approximate surface area is 79.1 Å². The number of hydrogen-bond donors (Lipinski definition) is 2. The molecule has 1 aromatic heterocycles. The normalized spacial score (nSPS) is 14.0. The number of aromatic nitrogens is 1. The molecule has 3 N–H and O–H groups in total. The minimum atomic E-state index is -4.35. The molecule has 6 heteroatoms. The molecule has 0 unspecified atom stereocenters. The van der Waals surface area contributed by atoms with Crippen molar-refractivity contribution in [1.82, 2.24) is 10.3 Å². The molecular weight excluding hydrogens is 195 g/mol. The van der Waals surface area contributed by atoms with Gasteiger partial charge >= 0.3 is 6.18 Å². The van der Waals surface area contributed by atoms with Gasteiger partial charge in [-0.2, -0.15) is 13.2 Å². The molecule has 0 fully saturated rings. The highest BCUT2D eigenvalue weighted by Crippen LogP contribution is 2.31. The van der Waals surface area contributed by atoms with Crippen LogP contribution in [0.25, 0.3) is 0 Å². The Morgan fingerprint density at radius 3 is 2.43 bits per heavy atom. The van der Waals surface area contributed by atoms with E-state index in [0.717, 1.165) is 0 Å². The molecule has 0 amide bonds. The maximum Gasteiger partial charge on any atom is 0.409 e. The molecular formula is C8H10F3N3. The predicted octanol–water partition coefficient (Wildman–Crippen LogP) is 1.49. The van der Waals surface area contributed by atoms with Crippen LogP contribution in [0.15, 0.2) is 18.3 Å². The number of nitrogens with two attached hydrogens (primary N) is 1. The van der Waals surface area contributed by atoms with Gasteiger partial charge in [-0.25, -0.2) is 0 Å². The number of nitrogens with one attached hydrogen (secondary N) is 1. The third-order valence-corrected chi connectivity index (χ3v) is 1.72. The van der Waals surface area contributed by atoms with Crippen molar-refractivity contribution in [3.05, 3.63) is 24.0 Å². The summed E-state index contributed by atoms with van der Waals surface area (Å²) >= 11 is 0. The van der Waals surface area contributed by atoms with Crippen LogP contribution >= 0.6 is 0 Å². The van der Waals surface area contributed by atoms with Crippen molar-refractivity contribution in [2.75, 3.05) is 12.8 Å². The molecule has 0 aliphatic heterocycles. The van der Waals surface area contributed by atoms with E-state index in [1.807, 2.05) is 0 Å². The molecule has 0 aliphatic rings. The van der Waals surface area contributed by atoms with Crippen molar-refractivity contribution < 1.29 is 13.2 Å². The number of nitrogens with zero attached hydrogens (tertiary/aromatic N) is 1. The minimum Gasteiger partial charge on any atom is -0.397 e. The van der Waals surface area contributed by atoms with E-state index in [1.165, 1.54) is 25.4 Å². The van der Waals surface area contributed by atoms with Gasteiger partial charge in [-0.1, -0.05) is 0 Å². The van der Waals surface area contributed by atoms with Crippen LogP contribution in [0.3, 0.4) is 0 Å². The maximum atomic E-state index is 12.4. The molecule has 0 aromatic carbocycles. The van der Waals surface area contributed by atoms with Gasteiger partial charge in [0.2, 0.25) is 0 Å². The molecule has 1 atom stereocenters. The number of pyridine rings is 1. The van der Waals surface area contributed by atoms with E-state index in [0.29, 0.717) is 5.69 Å². The molecule has 0 aliphatic carbocycles. The summed E-state index contributed by atoms with van der Waals surface area (Å²) in [5.74, 6) is 0. The lowest BCUT2D eigenvalue weighted by Crippen LogP contribution is -2.32. The topological polar surface area (TPSA) is 50.9 Å². The number of alkyl halides is 3. The van der Waals surface area contributed by atoms with E-state index in [-0.39, 0.29) is 5.69 Å². The third kappa shape index (κ3) is 2.35. The summed E-state index contributed by atoms with van der Waals surface area (Å²) in [6.07, 6.45) is -3.15. The van der Waals surface area contributed by atoms with Gasteiger partial charge in [0, 0.05) is 0 Å². The van der Waals surface area contributed by atoms with Crippen molar-refractivity contribution in [1.29, 1.82) is 0 Å². The van der Waals surface area contributed by atoms with E-state index >= 15 is 0 Å².